The molecule has 2 aromatic rings. The van der Waals surface area contributed by atoms with Crippen LogP contribution in [0.25, 0.3) is 0 Å². The molecule has 1 heterocycles. The minimum atomic E-state index is 0.252. The van der Waals surface area contributed by atoms with E-state index in [1.165, 1.54) is 0 Å². The van der Waals surface area contributed by atoms with Crippen LogP contribution in [0.5, 0.6) is 17.4 Å². The predicted octanol–water partition coefficient (Wildman–Crippen LogP) is 3.94. The molecular formula is C17H22N2O2. The Morgan fingerprint density at radius 1 is 1.19 bits per heavy atom. The van der Waals surface area contributed by atoms with Crippen molar-refractivity contribution >= 4 is 0 Å². The molecule has 1 aromatic carbocycles. The number of pyridine rings is 1. The van der Waals surface area contributed by atoms with E-state index in [0.29, 0.717) is 18.2 Å². The molecule has 0 spiro atoms. The van der Waals surface area contributed by atoms with Gasteiger partial charge in [0.25, 0.3) is 0 Å². The summed E-state index contributed by atoms with van der Waals surface area (Å²) in [4.78, 5) is 4.27. The lowest BCUT2D eigenvalue weighted by atomic mass is 10.1. The number of hydrogen-bond acceptors (Lipinski definition) is 4. The van der Waals surface area contributed by atoms with E-state index in [1.54, 1.807) is 6.20 Å². The van der Waals surface area contributed by atoms with Crippen molar-refractivity contribution in [3.05, 3.63) is 48.2 Å². The fourth-order valence-corrected chi connectivity index (χ4v) is 1.89. The normalized spacial score (nSPS) is 12.0. The average molecular weight is 286 g/mol. The summed E-state index contributed by atoms with van der Waals surface area (Å²) >= 11 is 0. The summed E-state index contributed by atoms with van der Waals surface area (Å²) < 4.78 is 11.6. The predicted molar refractivity (Wildman–Crippen MR) is 84.0 cm³/mol. The van der Waals surface area contributed by atoms with E-state index in [-0.39, 0.29) is 6.04 Å². The van der Waals surface area contributed by atoms with E-state index in [2.05, 4.69) is 24.1 Å². The first-order valence-electron chi connectivity index (χ1n) is 7.27. The summed E-state index contributed by atoms with van der Waals surface area (Å²) in [5.74, 6) is 2.00. The number of aromatic nitrogens is 1. The van der Waals surface area contributed by atoms with Crippen molar-refractivity contribution in [3.63, 3.8) is 0 Å². The number of nitrogens with zero attached hydrogens (tertiary/aromatic N) is 1. The van der Waals surface area contributed by atoms with Gasteiger partial charge >= 0.3 is 0 Å². The van der Waals surface area contributed by atoms with Gasteiger partial charge in [-0.1, -0.05) is 19.1 Å². The van der Waals surface area contributed by atoms with Crippen molar-refractivity contribution in [2.75, 3.05) is 13.7 Å². The Balaban J connectivity index is 2.18. The van der Waals surface area contributed by atoms with Crippen LogP contribution in [0.15, 0.2) is 42.6 Å². The topological polar surface area (TPSA) is 43.4 Å². The van der Waals surface area contributed by atoms with E-state index in [9.17, 15) is 0 Å². The van der Waals surface area contributed by atoms with Gasteiger partial charge in [-0.15, -0.1) is 0 Å². The molecule has 1 N–H and O–H groups in total. The van der Waals surface area contributed by atoms with Crippen molar-refractivity contribution in [2.45, 2.75) is 26.3 Å². The molecule has 0 aliphatic carbocycles. The van der Waals surface area contributed by atoms with Gasteiger partial charge < -0.3 is 14.8 Å². The van der Waals surface area contributed by atoms with E-state index < -0.39 is 0 Å². The number of ether oxygens (including phenoxy) is 2. The molecule has 112 valence electrons. The van der Waals surface area contributed by atoms with Gasteiger partial charge in [0.1, 0.15) is 0 Å². The Kier molecular flexibility index (Phi) is 5.58. The first kappa shape index (κ1) is 15.3. The molecule has 0 aliphatic heterocycles. The minimum Gasteiger partial charge on any atom is -0.490 e. The van der Waals surface area contributed by atoms with Gasteiger partial charge in [-0.2, -0.15) is 0 Å². The molecule has 2 rings (SSSR count). The quantitative estimate of drug-likeness (QED) is 0.837. The molecular weight excluding hydrogens is 264 g/mol. The van der Waals surface area contributed by atoms with Crippen LogP contribution in [0, 0.1) is 0 Å². The van der Waals surface area contributed by atoms with Crippen LogP contribution in [-0.2, 0) is 0 Å². The van der Waals surface area contributed by atoms with Crippen LogP contribution >= 0.6 is 0 Å². The first-order valence-corrected chi connectivity index (χ1v) is 7.27. The van der Waals surface area contributed by atoms with Gasteiger partial charge in [0.05, 0.1) is 6.61 Å². The van der Waals surface area contributed by atoms with E-state index in [0.717, 1.165) is 17.7 Å². The van der Waals surface area contributed by atoms with Gasteiger partial charge in [0.15, 0.2) is 11.5 Å². The van der Waals surface area contributed by atoms with Gasteiger partial charge in [0.2, 0.25) is 5.88 Å². The molecule has 0 amide bonds. The smallest absolute Gasteiger partial charge is 0.219 e. The molecule has 0 aliphatic rings. The summed E-state index contributed by atoms with van der Waals surface area (Å²) in [6.45, 7) is 4.84. The lowest BCUT2D eigenvalue weighted by Crippen LogP contribution is -2.12. The molecule has 0 fully saturated rings. The molecule has 0 saturated heterocycles. The highest BCUT2D eigenvalue weighted by Gasteiger charge is 2.08. The zero-order valence-electron chi connectivity index (χ0n) is 12.8. The Morgan fingerprint density at radius 3 is 2.67 bits per heavy atom. The molecule has 21 heavy (non-hydrogen) atoms. The summed E-state index contributed by atoms with van der Waals surface area (Å²) in [5, 5.41) is 3.20. The van der Waals surface area contributed by atoms with Crippen LogP contribution in [0.4, 0.5) is 0 Å². The van der Waals surface area contributed by atoms with Crippen molar-refractivity contribution in [1.29, 1.82) is 0 Å². The molecule has 0 saturated carbocycles. The zero-order chi connectivity index (χ0) is 15.1. The number of rotatable bonds is 7. The number of nitrogens with one attached hydrogen (secondary N) is 1. The Morgan fingerprint density at radius 2 is 1.95 bits per heavy atom. The molecule has 1 aromatic heterocycles. The summed E-state index contributed by atoms with van der Waals surface area (Å²) in [5.41, 5.74) is 1.13. The van der Waals surface area contributed by atoms with Crippen LogP contribution in [0.3, 0.4) is 0 Å². The second-order valence-corrected chi connectivity index (χ2v) is 4.84. The van der Waals surface area contributed by atoms with Crippen molar-refractivity contribution < 1.29 is 9.47 Å². The minimum absolute atomic E-state index is 0.252. The molecule has 0 radical (unpaired) electrons. The van der Waals surface area contributed by atoms with Crippen LogP contribution in [0.1, 0.15) is 31.9 Å². The lowest BCUT2D eigenvalue weighted by Gasteiger charge is -2.13. The Labute approximate surface area is 126 Å². The second-order valence-electron chi connectivity index (χ2n) is 4.84. The SMILES string of the molecule is CCCOc1ccccc1Oc1cc(C(C)NC)ccn1. The highest BCUT2D eigenvalue weighted by Crippen LogP contribution is 2.31. The summed E-state index contributed by atoms with van der Waals surface area (Å²) in [6, 6.07) is 11.8. The third kappa shape index (κ3) is 4.20. The van der Waals surface area contributed by atoms with Gasteiger partial charge in [-0.05, 0) is 44.2 Å². The first-order chi connectivity index (χ1) is 10.2. The maximum Gasteiger partial charge on any atom is 0.219 e. The van der Waals surface area contributed by atoms with Crippen molar-refractivity contribution in [1.82, 2.24) is 10.3 Å². The average Bonchev–Trinajstić information content (AvgIpc) is 2.53. The van der Waals surface area contributed by atoms with Crippen molar-refractivity contribution in [2.24, 2.45) is 0 Å². The van der Waals surface area contributed by atoms with E-state index in [1.807, 2.05) is 43.4 Å². The Bertz CT molecular complexity index is 572. The molecule has 1 unspecified atom stereocenters. The Hall–Kier alpha value is -2.07. The highest BCUT2D eigenvalue weighted by molar-refractivity contribution is 5.42. The van der Waals surface area contributed by atoms with Gasteiger partial charge in [-0.3, -0.25) is 0 Å². The zero-order valence-corrected chi connectivity index (χ0v) is 12.8. The third-order valence-corrected chi connectivity index (χ3v) is 3.22. The van der Waals surface area contributed by atoms with Crippen LogP contribution < -0.4 is 14.8 Å². The fraction of sp³-hybridized carbons (Fsp3) is 0.353. The van der Waals surface area contributed by atoms with E-state index in [4.69, 9.17) is 9.47 Å². The highest BCUT2D eigenvalue weighted by atomic mass is 16.5. The number of para-hydroxylation sites is 2. The monoisotopic (exact) mass is 286 g/mol. The second kappa shape index (κ2) is 7.64. The fourth-order valence-electron chi connectivity index (χ4n) is 1.89. The molecule has 4 heteroatoms. The van der Waals surface area contributed by atoms with Crippen molar-refractivity contribution in [3.8, 4) is 17.4 Å². The summed E-state index contributed by atoms with van der Waals surface area (Å²) in [6.07, 6.45) is 2.72. The third-order valence-electron chi connectivity index (χ3n) is 3.22. The number of hydrogen-bond donors (Lipinski definition) is 1. The van der Waals surface area contributed by atoms with Gasteiger partial charge in [0, 0.05) is 18.3 Å². The lowest BCUT2D eigenvalue weighted by molar-refractivity contribution is 0.300. The maximum absolute atomic E-state index is 5.88. The molecule has 4 nitrogen and oxygen atoms in total. The molecule has 1 atom stereocenters. The van der Waals surface area contributed by atoms with E-state index >= 15 is 0 Å². The van der Waals surface area contributed by atoms with Crippen LogP contribution in [0.2, 0.25) is 0 Å². The van der Waals surface area contributed by atoms with Gasteiger partial charge in [-0.25, -0.2) is 4.98 Å². The standard InChI is InChI=1S/C17H22N2O2/c1-4-11-20-15-7-5-6-8-16(15)21-17-12-14(9-10-19-17)13(2)18-3/h5-10,12-13,18H,4,11H2,1-3H3. The largest absolute Gasteiger partial charge is 0.490 e. The number of benzene rings is 1. The maximum atomic E-state index is 5.88. The summed E-state index contributed by atoms with van der Waals surface area (Å²) in [7, 11) is 1.93. The molecule has 0 bridgehead atoms. The van der Waals surface area contributed by atoms with Crippen LogP contribution in [-0.4, -0.2) is 18.6 Å².